The molecule has 0 aliphatic rings. The standard InChI is InChI=1S/C21H16N4O4/c26-20(16-4-3-5-17(14-16)23-11-1-2-12-23)9-8-18-6-7-19(29-18)15-24-13-10-21(22-24)25(27)28/h1-14H,15H2/b9-8+. The van der Waals surface area contributed by atoms with Crippen molar-refractivity contribution >= 4 is 17.7 Å². The van der Waals surface area contributed by atoms with Gasteiger partial charge in [0.25, 0.3) is 0 Å². The van der Waals surface area contributed by atoms with Gasteiger partial charge in [-0.15, -0.1) is 0 Å². The lowest BCUT2D eigenvalue weighted by atomic mass is 10.1. The van der Waals surface area contributed by atoms with Gasteiger partial charge in [0.05, 0.1) is 17.4 Å². The summed E-state index contributed by atoms with van der Waals surface area (Å²) >= 11 is 0. The van der Waals surface area contributed by atoms with Crippen LogP contribution in [0.2, 0.25) is 0 Å². The predicted octanol–water partition coefficient (Wildman–Crippen LogP) is 4.12. The molecule has 144 valence electrons. The van der Waals surface area contributed by atoms with E-state index in [1.165, 1.54) is 23.0 Å². The van der Waals surface area contributed by atoms with Crippen LogP contribution in [0.1, 0.15) is 21.9 Å². The van der Waals surface area contributed by atoms with Gasteiger partial charge in [-0.3, -0.25) is 4.79 Å². The maximum atomic E-state index is 12.5. The van der Waals surface area contributed by atoms with Crippen LogP contribution in [-0.4, -0.2) is 25.1 Å². The van der Waals surface area contributed by atoms with Crippen molar-refractivity contribution in [2.24, 2.45) is 0 Å². The molecule has 0 N–H and O–H groups in total. The Bertz CT molecular complexity index is 1180. The zero-order chi connectivity index (χ0) is 20.2. The van der Waals surface area contributed by atoms with Gasteiger partial charge in [0.15, 0.2) is 5.78 Å². The Balaban J connectivity index is 1.43. The molecule has 0 saturated carbocycles. The molecule has 0 spiro atoms. The van der Waals surface area contributed by atoms with Gasteiger partial charge in [0, 0.05) is 23.6 Å². The largest absolute Gasteiger partial charge is 0.460 e. The van der Waals surface area contributed by atoms with Gasteiger partial charge in [-0.2, -0.15) is 4.68 Å². The van der Waals surface area contributed by atoms with Crippen molar-refractivity contribution in [3.05, 3.63) is 106 Å². The predicted molar refractivity (Wildman–Crippen MR) is 106 cm³/mol. The van der Waals surface area contributed by atoms with Gasteiger partial charge in [0.1, 0.15) is 18.1 Å². The summed E-state index contributed by atoms with van der Waals surface area (Å²) in [5.41, 5.74) is 1.48. The van der Waals surface area contributed by atoms with Crippen molar-refractivity contribution in [1.29, 1.82) is 0 Å². The molecule has 4 aromatic rings. The van der Waals surface area contributed by atoms with Gasteiger partial charge in [-0.25, -0.2) is 0 Å². The van der Waals surface area contributed by atoms with Crippen molar-refractivity contribution in [3.63, 3.8) is 0 Å². The van der Waals surface area contributed by atoms with Gasteiger partial charge >= 0.3 is 5.82 Å². The molecular weight excluding hydrogens is 372 g/mol. The summed E-state index contributed by atoms with van der Waals surface area (Å²) < 4.78 is 9.00. The summed E-state index contributed by atoms with van der Waals surface area (Å²) in [7, 11) is 0. The molecule has 4 rings (SSSR count). The maximum Gasteiger partial charge on any atom is 0.389 e. The first-order chi connectivity index (χ1) is 14.1. The number of aromatic nitrogens is 3. The molecule has 1 aromatic carbocycles. The van der Waals surface area contributed by atoms with Gasteiger partial charge in [0.2, 0.25) is 0 Å². The minimum Gasteiger partial charge on any atom is -0.460 e. The van der Waals surface area contributed by atoms with Gasteiger partial charge in [-0.05, 0) is 53.5 Å². The van der Waals surface area contributed by atoms with Crippen LogP contribution in [-0.2, 0) is 6.54 Å². The molecule has 0 atom stereocenters. The fourth-order valence-corrected chi connectivity index (χ4v) is 2.85. The van der Waals surface area contributed by atoms with E-state index >= 15 is 0 Å². The van der Waals surface area contributed by atoms with E-state index in [0.717, 1.165) is 5.69 Å². The molecule has 0 fully saturated rings. The van der Waals surface area contributed by atoms with Crippen molar-refractivity contribution < 1.29 is 14.1 Å². The third kappa shape index (κ3) is 4.22. The highest BCUT2D eigenvalue weighted by atomic mass is 16.6. The Hall–Kier alpha value is -4.20. The molecule has 0 amide bonds. The van der Waals surface area contributed by atoms with E-state index in [1.54, 1.807) is 24.3 Å². The monoisotopic (exact) mass is 388 g/mol. The highest BCUT2D eigenvalue weighted by molar-refractivity contribution is 6.06. The second kappa shape index (κ2) is 7.81. The number of nitrogens with zero attached hydrogens (tertiary/aromatic N) is 4. The summed E-state index contributed by atoms with van der Waals surface area (Å²) in [6.45, 7) is 0.258. The molecule has 0 bridgehead atoms. The first kappa shape index (κ1) is 18.2. The van der Waals surface area contributed by atoms with Crippen molar-refractivity contribution in [1.82, 2.24) is 14.3 Å². The Morgan fingerprint density at radius 2 is 1.93 bits per heavy atom. The Morgan fingerprint density at radius 1 is 1.10 bits per heavy atom. The molecule has 3 heterocycles. The number of nitro groups is 1. The normalized spacial score (nSPS) is 11.2. The second-order valence-electron chi connectivity index (χ2n) is 6.27. The van der Waals surface area contributed by atoms with E-state index in [-0.39, 0.29) is 18.1 Å². The van der Waals surface area contributed by atoms with Crippen molar-refractivity contribution in [2.45, 2.75) is 6.54 Å². The van der Waals surface area contributed by atoms with E-state index in [4.69, 9.17) is 4.42 Å². The van der Waals surface area contributed by atoms with Crippen LogP contribution in [0.4, 0.5) is 5.82 Å². The molecule has 29 heavy (non-hydrogen) atoms. The number of hydrogen-bond acceptors (Lipinski definition) is 5. The average molecular weight is 388 g/mol. The van der Waals surface area contributed by atoms with E-state index in [2.05, 4.69) is 5.10 Å². The molecule has 3 aromatic heterocycles. The third-order valence-corrected chi connectivity index (χ3v) is 4.25. The van der Waals surface area contributed by atoms with Crippen LogP contribution in [0.3, 0.4) is 0 Å². The van der Waals surface area contributed by atoms with Crippen LogP contribution >= 0.6 is 0 Å². The van der Waals surface area contributed by atoms with Crippen LogP contribution in [0.5, 0.6) is 0 Å². The lowest BCUT2D eigenvalue weighted by molar-refractivity contribution is -0.389. The highest BCUT2D eigenvalue weighted by Gasteiger charge is 2.12. The average Bonchev–Trinajstić information content (AvgIpc) is 3.48. The number of hydrogen-bond donors (Lipinski definition) is 0. The lowest BCUT2D eigenvalue weighted by Gasteiger charge is -2.04. The molecule has 0 radical (unpaired) electrons. The summed E-state index contributed by atoms with van der Waals surface area (Å²) in [5.74, 6) is 0.727. The summed E-state index contributed by atoms with van der Waals surface area (Å²) in [6, 6.07) is 16.0. The summed E-state index contributed by atoms with van der Waals surface area (Å²) in [4.78, 5) is 22.6. The SMILES string of the molecule is O=C(/C=C/c1ccc(Cn2ccc([N+](=O)[O-])n2)o1)c1cccc(-n2cccc2)c1. The summed E-state index contributed by atoms with van der Waals surface area (Å²) in [6.07, 6.45) is 8.39. The number of rotatable bonds is 7. The van der Waals surface area contributed by atoms with E-state index in [9.17, 15) is 14.9 Å². The smallest absolute Gasteiger partial charge is 0.389 e. The van der Waals surface area contributed by atoms with E-state index in [1.807, 2.05) is 47.3 Å². The highest BCUT2D eigenvalue weighted by Crippen LogP contribution is 2.15. The molecular formula is C21H16N4O4. The minimum atomic E-state index is -0.552. The zero-order valence-electron chi connectivity index (χ0n) is 15.2. The second-order valence-corrected chi connectivity index (χ2v) is 6.27. The molecule has 0 aliphatic heterocycles. The number of carbonyl (C=O) groups is 1. The molecule has 8 heteroatoms. The van der Waals surface area contributed by atoms with E-state index in [0.29, 0.717) is 17.1 Å². The number of benzene rings is 1. The number of allylic oxidation sites excluding steroid dienone is 1. The molecule has 0 aliphatic carbocycles. The Kier molecular flexibility index (Phi) is 4.90. The minimum absolute atomic E-state index is 0.139. The topological polar surface area (TPSA) is 96.1 Å². The fourth-order valence-electron chi connectivity index (χ4n) is 2.85. The van der Waals surface area contributed by atoms with Gasteiger partial charge < -0.3 is 19.1 Å². The number of furan rings is 1. The number of carbonyl (C=O) groups excluding carboxylic acids is 1. The number of ketones is 1. The van der Waals surface area contributed by atoms with E-state index < -0.39 is 4.92 Å². The Labute approximate surface area is 165 Å². The van der Waals surface area contributed by atoms with Crippen LogP contribution in [0.25, 0.3) is 11.8 Å². The van der Waals surface area contributed by atoms with Crippen molar-refractivity contribution in [2.75, 3.05) is 0 Å². The quantitative estimate of drug-likeness (QED) is 0.205. The van der Waals surface area contributed by atoms with Gasteiger partial charge in [-0.1, -0.05) is 12.1 Å². The van der Waals surface area contributed by atoms with Crippen molar-refractivity contribution in [3.8, 4) is 5.69 Å². The Morgan fingerprint density at radius 3 is 2.69 bits per heavy atom. The first-order valence-corrected chi connectivity index (χ1v) is 8.81. The van der Waals surface area contributed by atoms with Crippen LogP contribution < -0.4 is 0 Å². The molecule has 8 nitrogen and oxygen atoms in total. The molecule has 0 saturated heterocycles. The summed E-state index contributed by atoms with van der Waals surface area (Å²) in [5, 5.41) is 14.5. The molecule has 0 unspecified atom stereocenters. The first-order valence-electron chi connectivity index (χ1n) is 8.81. The lowest BCUT2D eigenvalue weighted by Crippen LogP contribution is -2.00. The maximum absolute atomic E-state index is 12.5. The zero-order valence-corrected chi connectivity index (χ0v) is 15.2. The fraction of sp³-hybridized carbons (Fsp3) is 0.0476. The van der Waals surface area contributed by atoms with Crippen LogP contribution in [0.15, 0.2) is 83.7 Å². The third-order valence-electron chi connectivity index (χ3n) is 4.25. The van der Waals surface area contributed by atoms with Crippen LogP contribution in [0, 0.1) is 10.1 Å².